The van der Waals surface area contributed by atoms with Crippen molar-refractivity contribution in [3.63, 3.8) is 0 Å². The SMILES string of the molecule is O=C(N[C@H]1CCC[C@H]2CC[C@@H](C(=O)N3CC(c4ccccc4N4C5COCC4C5)C3)N2C1=O)c1cc2cc(C(F)P(=O)(O)O)ccc2s1. The highest BCUT2D eigenvalue weighted by molar-refractivity contribution is 7.51. The van der Waals surface area contributed by atoms with E-state index in [1.807, 2.05) is 4.90 Å². The number of nitrogens with one attached hydrogen (secondary N) is 1. The van der Waals surface area contributed by atoms with E-state index in [0.29, 0.717) is 53.0 Å². The number of morpholine rings is 1. The van der Waals surface area contributed by atoms with Gasteiger partial charge in [-0.1, -0.05) is 24.3 Å². The first kappa shape index (κ1) is 31.9. The zero-order chi connectivity index (χ0) is 33.3. The minimum atomic E-state index is -4.97. The Morgan fingerprint density at radius 2 is 1.75 bits per heavy atom. The van der Waals surface area contributed by atoms with E-state index in [9.17, 15) is 33.1 Å². The number of anilines is 1. The first-order chi connectivity index (χ1) is 23.1. The quantitative estimate of drug-likeness (QED) is 0.311. The van der Waals surface area contributed by atoms with Crippen molar-refractivity contribution in [2.45, 2.75) is 80.6 Å². The highest BCUT2D eigenvalue weighted by atomic mass is 32.1. The fraction of sp³-hybridized carbons (Fsp3) is 0.500. The summed E-state index contributed by atoms with van der Waals surface area (Å²) in [6.07, 6.45) is 4.49. The van der Waals surface area contributed by atoms with Crippen LogP contribution in [0.4, 0.5) is 10.1 Å². The van der Waals surface area contributed by atoms with Crippen molar-refractivity contribution in [2.75, 3.05) is 31.2 Å². The van der Waals surface area contributed by atoms with Crippen LogP contribution in [0.15, 0.2) is 48.5 Å². The van der Waals surface area contributed by atoms with Crippen molar-refractivity contribution in [1.29, 1.82) is 0 Å². The molecule has 0 saturated carbocycles. The molecule has 0 aliphatic carbocycles. The second-order valence-electron chi connectivity index (χ2n) is 13.8. The Balaban J connectivity index is 0.933. The van der Waals surface area contributed by atoms with Crippen LogP contribution in [0.2, 0.25) is 0 Å². The number of likely N-dealkylation sites (tertiary alicyclic amines) is 1. The molecule has 1 aromatic heterocycles. The number of halogens is 1. The number of carbonyl (C=O) groups is 3. The first-order valence-electron chi connectivity index (χ1n) is 16.7. The molecule has 3 aromatic rings. The molecule has 5 saturated heterocycles. The molecular weight excluding hydrogens is 658 g/mol. The normalized spacial score (nSPS) is 28.0. The maximum atomic E-state index is 14.3. The molecule has 2 aromatic carbocycles. The third-order valence-electron chi connectivity index (χ3n) is 10.8. The predicted octanol–water partition coefficient (Wildman–Crippen LogP) is 4.29. The second kappa shape index (κ2) is 12.2. The van der Waals surface area contributed by atoms with Gasteiger partial charge in [-0.15, -0.1) is 11.3 Å². The summed E-state index contributed by atoms with van der Waals surface area (Å²) in [5.41, 5.74) is 2.34. The predicted molar refractivity (Wildman–Crippen MR) is 178 cm³/mol. The van der Waals surface area contributed by atoms with Crippen LogP contribution < -0.4 is 10.2 Å². The van der Waals surface area contributed by atoms with Gasteiger partial charge in [0.1, 0.15) is 12.1 Å². The van der Waals surface area contributed by atoms with Gasteiger partial charge in [0.05, 0.1) is 30.2 Å². The van der Waals surface area contributed by atoms with Crippen LogP contribution in [0.25, 0.3) is 10.1 Å². The summed E-state index contributed by atoms with van der Waals surface area (Å²) in [7, 11) is -4.97. The Morgan fingerprint density at radius 3 is 2.50 bits per heavy atom. The second-order valence-corrected chi connectivity index (χ2v) is 16.5. The van der Waals surface area contributed by atoms with Crippen molar-refractivity contribution in [3.05, 3.63) is 64.5 Å². The van der Waals surface area contributed by atoms with E-state index in [-0.39, 0.29) is 29.3 Å². The smallest absolute Gasteiger partial charge is 0.363 e. The van der Waals surface area contributed by atoms with Gasteiger partial charge in [-0.3, -0.25) is 18.9 Å². The number of fused-ring (bicyclic) bond motifs is 4. The summed E-state index contributed by atoms with van der Waals surface area (Å²) in [6.45, 7) is 2.73. The molecule has 6 heterocycles. The Morgan fingerprint density at radius 1 is 0.979 bits per heavy atom. The molecule has 3 unspecified atom stereocenters. The van der Waals surface area contributed by atoms with Crippen LogP contribution in [0.1, 0.15) is 71.2 Å². The molecule has 0 spiro atoms. The molecule has 3 amide bonds. The topological polar surface area (TPSA) is 140 Å². The Kier molecular flexibility index (Phi) is 8.11. The molecule has 254 valence electrons. The van der Waals surface area contributed by atoms with E-state index in [1.165, 1.54) is 35.5 Å². The molecule has 0 radical (unpaired) electrons. The average Bonchev–Trinajstić information content (AvgIpc) is 3.64. The number of amides is 3. The number of nitrogens with zero attached hydrogens (tertiary/aromatic N) is 3. The zero-order valence-electron chi connectivity index (χ0n) is 26.2. The van der Waals surface area contributed by atoms with Crippen LogP contribution in [-0.4, -0.2) is 93.8 Å². The van der Waals surface area contributed by atoms with E-state index >= 15 is 0 Å². The van der Waals surface area contributed by atoms with Gasteiger partial charge in [0, 0.05) is 35.4 Å². The van der Waals surface area contributed by atoms with E-state index in [4.69, 9.17) is 4.74 Å². The average molecular weight is 697 g/mol. The third-order valence-corrected chi connectivity index (χ3v) is 12.8. The molecule has 5 aliphatic rings. The number of rotatable bonds is 7. The number of ether oxygens (including phenoxy) is 1. The largest absolute Gasteiger partial charge is 0.377 e. The summed E-state index contributed by atoms with van der Waals surface area (Å²) in [5, 5.41) is 3.37. The van der Waals surface area contributed by atoms with Gasteiger partial charge in [0.25, 0.3) is 5.91 Å². The van der Waals surface area contributed by atoms with Crippen LogP contribution in [-0.2, 0) is 18.9 Å². The van der Waals surface area contributed by atoms with E-state index in [1.54, 1.807) is 4.90 Å². The van der Waals surface area contributed by atoms with Gasteiger partial charge in [-0.25, -0.2) is 4.39 Å². The van der Waals surface area contributed by atoms with Crippen molar-refractivity contribution < 1.29 is 37.9 Å². The van der Waals surface area contributed by atoms with Crippen molar-refractivity contribution in [2.24, 2.45) is 0 Å². The minimum Gasteiger partial charge on any atom is -0.377 e. The molecule has 6 atom stereocenters. The van der Waals surface area contributed by atoms with Gasteiger partial charge in [0.15, 0.2) is 0 Å². The fourth-order valence-electron chi connectivity index (χ4n) is 8.35. The van der Waals surface area contributed by atoms with E-state index in [2.05, 4.69) is 34.5 Å². The molecule has 11 nitrogen and oxygen atoms in total. The molecule has 14 heteroatoms. The van der Waals surface area contributed by atoms with Crippen molar-refractivity contribution in [3.8, 4) is 0 Å². The highest BCUT2D eigenvalue weighted by Crippen LogP contribution is 2.53. The molecule has 48 heavy (non-hydrogen) atoms. The Labute approximate surface area is 281 Å². The first-order valence-corrected chi connectivity index (χ1v) is 19.2. The fourth-order valence-corrected chi connectivity index (χ4v) is 9.84. The third kappa shape index (κ3) is 5.53. The standard InChI is InChI=1S/C34H38FN4O7PS/c35-31(47(43,44)45)19-8-11-29-20(12-19)13-30(48-29)32(40)36-26-6-3-4-22-9-10-28(39(22)33(26)41)34(42)37-15-21(16-37)25-5-1-2-7-27(25)38-23-14-24(38)18-46-17-23/h1-2,5,7-8,11-13,21-24,26,28,31H,3-4,6,9-10,14-18H2,(H,36,40)(H2,43,44,45)/t22-,23?,24?,26-,28-,31?/m0/s1. The van der Waals surface area contributed by atoms with Crippen molar-refractivity contribution >= 4 is 52.4 Å². The van der Waals surface area contributed by atoms with Crippen molar-refractivity contribution in [1.82, 2.24) is 15.1 Å². The zero-order valence-corrected chi connectivity index (χ0v) is 28.0. The minimum absolute atomic E-state index is 0.0254. The Hall–Kier alpha value is -3.35. The number of hydrogen-bond donors (Lipinski definition) is 3. The summed E-state index contributed by atoms with van der Waals surface area (Å²) in [6, 6.07) is 13.6. The number of hydrogen-bond acceptors (Lipinski definition) is 7. The Bertz CT molecular complexity index is 1810. The van der Waals surface area contributed by atoms with Crippen LogP contribution in [0.5, 0.6) is 0 Å². The summed E-state index contributed by atoms with van der Waals surface area (Å²) in [4.78, 5) is 66.1. The highest BCUT2D eigenvalue weighted by Gasteiger charge is 2.49. The van der Waals surface area contributed by atoms with E-state index in [0.717, 1.165) is 50.2 Å². The molecule has 8 rings (SSSR count). The molecule has 2 bridgehead atoms. The molecule has 3 N–H and O–H groups in total. The maximum absolute atomic E-state index is 14.3. The lowest BCUT2D eigenvalue weighted by atomic mass is 9.84. The van der Waals surface area contributed by atoms with Crippen LogP contribution in [0.3, 0.4) is 0 Å². The lowest BCUT2D eigenvalue weighted by molar-refractivity contribution is -0.148. The summed E-state index contributed by atoms with van der Waals surface area (Å²) in [5.74, 6) is -2.93. The monoisotopic (exact) mass is 696 g/mol. The van der Waals surface area contributed by atoms with Gasteiger partial charge in [-0.2, -0.15) is 0 Å². The van der Waals surface area contributed by atoms with Crippen LogP contribution >= 0.6 is 18.9 Å². The number of carbonyl (C=O) groups excluding carboxylic acids is 3. The van der Waals surface area contributed by atoms with Gasteiger partial charge < -0.3 is 34.5 Å². The number of alkyl halides is 1. The van der Waals surface area contributed by atoms with E-state index < -0.39 is 31.5 Å². The lowest BCUT2D eigenvalue weighted by Crippen LogP contribution is -2.64. The summed E-state index contributed by atoms with van der Waals surface area (Å²) < 4.78 is 32.0. The molecule has 5 fully saturated rings. The number of benzene rings is 2. The number of para-hydroxylation sites is 1. The summed E-state index contributed by atoms with van der Waals surface area (Å²) >= 11 is 1.15. The van der Waals surface area contributed by atoms with Gasteiger partial charge >= 0.3 is 7.60 Å². The van der Waals surface area contributed by atoms with Crippen LogP contribution in [0, 0.1) is 0 Å². The lowest BCUT2D eigenvalue weighted by Gasteiger charge is -2.55. The molecular formula is C34H38FN4O7PS. The van der Waals surface area contributed by atoms with Gasteiger partial charge in [-0.05, 0) is 79.3 Å². The maximum Gasteiger partial charge on any atom is 0.363 e. The van der Waals surface area contributed by atoms with Gasteiger partial charge in [0.2, 0.25) is 17.7 Å². The molecule has 5 aliphatic heterocycles. The number of thiophene rings is 1.